The normalized spacial score (nSPS) is 15.3. The zero-order valence-electron chi connectivity index (χ0n) is 22.7. The van der Waals surface area contributed by atoms with Crippen molar-refractivity contribution in [2.24, 2.45) is 0 Å². The van der Waals surface area contributed by atoms with Crippen LogP contribution in [0.2, 0.25) is 0 Å². The molecule has 2 aromatic carbocycles. The number of aryl methyl sites for hydroxylation is 1. The number of rotatable bonds is 10. The van der Waals surface area contributed by atoms with E-state index in [0.717, 1.165) is 59.3 Å². The molecule has 8 nitrogen and oxygen atoms in total. The quantitative estimate of drug-likeness (QED) is 0.290. The molecule has 38 heavy (non-hydrogen) atoms. The van der Waals surface area contributed by atoms with Gasteiger partial charge in [-0.05, 0) is 71.3 Å². The minimum Gasteiger partial charge on any atom is -0.496 e. The van der Waals surface area contributed by atoms with Gasteiger partial charge in [0, 0.05) is 29.7 Å². The number of pyridine rings is 1. The van der Waals surface area contributed by atoms with Crippen LogP contribution in [0.25, 0.3) is 10.9 Å². The van der Waals surface area contributed by atoms with E-state index < -0.39 is 0 Å². The van der Waals surface area contributed by atoms with Gasteiger partial charge >= 0.3 is 0 Å². The molecular formula is C30H38N6O2. The first-order valence-electron chi connectivity index (χ1n) is 13.9. The smallest absolute Gasteiger partial charge is 0.252 e. The van der Waals surface area contributed by atoms with Gasteiger partial charge in [-0.3, -0.25) is 9.69 Å². The molecule has 0 amide bonds. The molecule has 1 atom stereocenters. The second kappa shape index (κ2) is 11.9. The van der Waals surface area contributed by atoms with E-state index >= 15 is 0 Å². The van der Waals surface area contributed by atoms with Crippen LogP contribution in [0.5, 0.6) is 5.75 Å². The molecule has 1 saturated carbocycles. The van der Waals surface area contributed by atoms with Crippen LogP contribution in [-0.4, -0.2) is 37.2 Å². The summed E-state index contributed by atoms with van der Waals surface area (Å²) in [5.41, 5.74) is 3.85. The Balaban J connectivity index is 1.55. The molecule has 8 heteroatoms. The van der Waals surface area contributed by atoms with Gasteiger partial charge in [-0.25, -0.2) is 4.68 Å². The number of methoxy groups -OCH3 is 1. The maximum absolute atomic E-state index is 13.3. The molecule has 2 aromatic heterocycles. The topological polar surface area (TPSA) is 88.9 Å². The van der Waals surface area contributed by atoms with Crippen LogP contribution in [0.4, 0.5) is 0 Å². The highest BCUT2D eigenvalue weighted by Crippen LogP contribution is 2.33. The first-order valence-corrected chi connectivity index (χ1v) is 13.9. The second-order valence-electron chi connectivity index (χ2n) is 10.3. The largest absolute Gasteiger partial charge is 0.496 e. The number of hydrogen-bond acceptors (Lipinski definition) is 6. The fourth-order valence-corrected chi connectivity index (χ4v) is 5.80. The standard InChI is InChI=1S/C30H38N6O2/c1-4-21-15-16-26-23(17-21)18-24(30(37)31-26)20-35(19-22-11-9-10-14-28(22)38-3)27(5-2)29-32-33-34-36(29)25-12-7-6-8-13-25/h9-11,14-18,25,27H,4-8,12-13,19-20H2,1-3H3,(H,31,37). The summed E-state index contributed by atoms with van der Waals surface area (Å²) in [6, 6.07) is 16.6. The summed E-state index contributed by atoms with van der Waals surface area (Å²) in [6.07, 6.45) is 7.65. The number of nitrogens with one attached hydrogen (secondary N) is 1. The zero-order valence-corrected chi connectivity index (χ0v) is 22.7. The number of nitrogens with zero attached hydrogens (tertiary/aromatic N) is 5. The Hall–Kier alpha value is -3.52. The number of aromatic nitrogens is 5. The average Bonchev–Trinajstić information content (AvgIpc) is 3.44. The van der Waals surface area contributed by atoms with Crippen molar-refractivity contribution in [1.29, 1.82) is 0 Å². The van der Waals surface area contributed by atoms with E-state index in [9.17, 15) is 4.79 Å². The van der Waals surface area contributed by atoms with Gasteiger partial charge in [0.25, 0.3) is 5.56 Å². The molecule has 1 unspecified atom stereocenters. The van der Waals surface area contributed by atoms with Crippen LogP contribution in [-0.2, 0) is 19.5 Å². The van der Waals surface area contributed by atoms with Gasteiger partial charge in [-0.2, -0.15) is 0 Å². The maximum Gasteiger partial charge on any atom is 0.252 e. The van der Waals surface area contributed by atoms with Crippen LogP contribution >= 0.6 is 0 Å². The Morgan fingerprint density at radius 3 is 2.61 bits per heavy atom. The summed E-state index contributed by atoms with van der Waals surface area (Å²) in [4.78, 5) is 18.7. The van der Waals surface area contributed by atoms with Crippen LogP contribution in [0.3, 0.4) is 0 Å². The third-order valence-corrected chi connectivity index (χ3v) is 7.90. The first-order chi connectivity index (χ1) is 18.6. The summed E-state index contributed by atoms with van der Waals surface area (Å²) in [6.45, 7) is 5.38. The molecule has 1 fully saturated rings. The molecule has 0 bridgehead atoms. The highest BCUT2D eigenvalue weighted by Gasteiger charge is 2.29. The van der Waals surface area contributed by atoms with Crippen molar-refractivity contribution in [2.75, 3.05) is 7.11 Å². The Kier molecular flexibility index (Phi) is 8.17. The molecule has 1 aliphatic rings. The van der Waals surface area contributed by atoms with Crippen molar-refractivity contribution in [3.8, 4) is 5.75 Å². The van der Waals surface area contributed by atoms with E-state index in [1.807, 2.05) is 30.3 Å². The lowest BCUT2D eigenvalue weighted by atomic mass is 9.95. The van der Waals surface area contributed by atoms with Crippen molar-refractivity contribution < 1.29 is 4.74 Å². The third-order valence-electron chi connectivity index (χ3n) is 7.90. The van der Waals surface area contributed by atoms with E-state index in [1.165, 1.54) is 24.8 Å². The maximum atomic E-state index is 13.3. The SMILES string of the molecule is CCc1ccc2[nH]c(=O)c(CN(Cc3ccccc3OC)C(CC)c3nnnn3C3CCCCC3)cc2c1. The molecule has 2 heterocycles. The molecule has 200 valence electrons. The van der Waals surface area contributed by atoms with Crippen molar-refractivity contribution >= 4 is 10.9 Å². The number of tetrazole rings is 1. The predicted octanol–water partition coefficient (Wildman–Crippen LogP) is 5.74. The number of hydrogen-bond donors (Lipinski definition) is 1. The van der Waals surface area contributed by atoms with Crippen LogP contribution in [0.15, 0.2) is 53.3 Å². The van der Waals surface area contributed by atoms with E-state index in [2.05, 4.69) is 62.1 Å². The fraction of sp³-hybridized carbons (Fsp3) is 0.467. The minimum atomic E-state index is -0.0616. The van der Waals surface area contributed by atoms with E-state index in [-0.39, 0.29) is 11.6 Å². The molecule has 4 aromatic rings. The fourth-order valence-electron chi connectivity index (χ4n) is 5.80. The zero-order chi connectivity index (χ0) is 26.5. The third kappa shape index (κ3) is 5.50. The van der Waals surface area contributed by atoms with Crippen molar-refractivity contribution in [1.82, 2.24) is 30.1 Å². The average molecular weight is 515 g/mol. The molecule has 1 N–H and O–H groups in total. The van der Waals surface area contributed by atoms with Crippen LogP contribution in [0, 0.1) is 0 Å². The number of para-hydroxylation sites is 1. The van der Waals surface area contributed by atoms with Gasteiger partial charge in [0.05, 0.1) is 19.2 Å². The summed E-state index contributed by atoms with van der Waals surface area (Å²) < 4.78 is 7.74. The molecule has 1 aliphatic carbocycles. The van der Waals surface area contributed by atoms with Gasteiger partial charge in [-0.15, -0.1) is 5.10 Å². The predicted molar refractivity (Wildman–Crippen MR) is 149 cm³/mol. The Morgan fingerprint density at radius 2 is 1.84 bits per heavy atom. The van der Waals surface area contributed by atoms with E-state index in [4.69, 9.17) is 4.74 Å². The van der Waals surface area contributed by atoms with Gasteiger partial charge in [-0.1, -0.05) is 57.4 Å². The van der Waals surface area contributed by atoms with Gasteiger partial charge < -0.3 is 9.72 Å². The molecule has 0 saturated heterocycles. The van der Waals surface area contributed by atoms with Crippen molar-refractivity contribution in [3.05, 3.63) is 81.4 Å². The lowest BCUT2D eigenvalue weighted by molar-refractivity contribution is 0.153. The summed E-state index contributed by atoms with van der Waals surface area (Å²) in [5, 5.41) is 14.2. The van der Waals surface area contributed by atoms with E-state index in [1.54, 1.807) is 7.11 Å². The number of aromatic amines is 1. The summed E-state index contributed by atoms with van der Waals surface area (Å²) in [5.74, 6) is 1.71. The Morgan fingerprint density at radius 1 is 1.05 bits per heavy atom. The molecule has 5 rings (SSSR count). The highest BCUT2D eigenvalue weighted by molar-refractivity contribution is 5.79. The Bertz CT molecular complexity index is 1420. The van der Waals surface area contributed by atoms with E-state index in [0.29, 0.717) is 19.1 Å². The van der Waals surface area contributed by atoms with Crippen LogP contribution < -0.4 is 10.3 Å². The molecule has 0 spiro atoms. The number of ether oxygens (including phenoxy) is 1. The summed E-state index contributed by atoms with van der Waals surface area (Å²) in [7, 11) is 1.70. The second-order valence-corrected chi connectivity index (χ2v) is 10.3. The minimum absolute atomic E-state index is 0.0612. The lowest BCUT2D eigenvalue weighted by Gasteiger charge is -2.32. The number of fused-ring (bicyclic) bond motifs is 1. The Labute approximate surface area is 224 Å². The lowest BCUT2D eigenvalue weighted by Crippen LogP contribution is -2.33. The monoisotopic (exact) mass is 514 g/mol. The summed E-state index contributed by atoms with van der Waals surface area (Å²) >= 11 is 0. The van der Waals surface area contributed by atoms with Gasteiger partial charge in [0.1, 0.15) is 5.75 Å². The number of H-pyrrole nitrogens is 1. The van der Waals surface area contributed by atoms with Crippen LogP contribution in [0.1, 0.15) is 87.0 Å². The molecule has 0 radical (unpaired) electrons. The first kappa shape index (κ1) is 26.1. The van der Waals surface area contributed by atoms with Gasteiger partial charge in [0.2, 0.25) is 0 Å². The highest BCUT2D eigenvalue weighted by atomic mass is 16.5. The van der Waals surface area contributed by atoms with Gasteiger partial charge in [0.15, 0.2) is 5.82 Å². The molecule has 0 aliphatic heterocycles. The van der Waals surface area contributed by atoms with Crippen molar-refractivity contribution in [3.63, 3.8) is 0 Å². The number of benzene rings is 2. The molecular weight excluding hydrogens is 476 g/mol. The van der Waals surface area contributed by atoms with Crippen molar-refractivity contribution in [2.45, 2.75) is 84.0 Å².